The third-order valence-corrected chi connectivity index (χ3v) is 8.50. The first kappa shape index (κ1) is 18.7. The van der Waals surface area contributed by atoms with Crippen LogP contribution in [0.15, 0.2) is 28.1 Å². The van der Waals surface area contributed by atoms with E-state index in [4.69, 9.17) is 17.3 Å². The molecule has 0 aliphatic heterocycles. The van der Waals surface area contributed by atoms with Crippen LogP contribution in [0.2, 0.25) is 5.15 Å². The lowest BCUT2D eigenvalue weighted by Crippen LogP contribution is -2.26. The predicted molar refractivity (Wildman–Crippen MR) is 118 cm³/mol. The molecule has 7 heteroatoms. The lowest BCUT2D eigenvalue weighted by atomic mass is 9.94. The summed E-state index contributed by atoms with van der Waals surface area (Å²) in [7, 11) is 0. The smallest absolute Gasteiger partial charge is 0.131 e. The van der Waals surface area contributed by atoms with Crippen molar-refractivity contribution in [2.45, 2.75) is 50.6 Å². The second-order valence-corrected chi connectivity index (χ2v) is 10.1. The fraction of sp³-hybridized carbons (Fsp3) is 0.421. The highest BCUT2D eigenvalue weighted by Crippen LogP contribution is 2.46. The molecule has 2 unspecified atom stereocenters. The van der Waals surface area contributed by atoms with Gasteiger partial charge in [0.2, 0.25) is 0 Å². The number of nitrogens with two attached hydrogens (primary N) is 1. The molecule has 1 aliphatic carbocycles. The summed E-state index contributed by atoms with van der Waals surface area (Å²) in [4.78, 5) is 7.22. The van der Waals surface area contributed by atoms with Crippen LogP contribution < -0.4 is 11.1 Å². The Morgan fingerprint density at radius 3 is 2.96 bits per heavy atom. The van der Waals surface area contributed by atoms with E-state index in [0.29, 0.717) is 11.1 Å². The Morgan fingerprint density at radius 1 is 1.31 bits per heavy atom. The first-order chi connectivity index (χ1) is 12.6. The molecule has 26 heavy (non-hydrogen) atoms. The van der Waals surface area contributed by atoms with Crippen LogP contribution in [0.1, 0.15) is 47.8 Å². The Kier molecular flexibility index (Phi) is 5.86. The van der Waals surface area contributed by atoms with Crippen molar-refractivity contribution < 1.29 is 0 Å². The fourth-order valence-corrected chi connectivity index (χ4v) is 6.78. The number of fused-ring (bicyclic) bond motifs is 1. The van der Waals surface area contributed by atoms with Crippen molar-refractivity contribution in [1.82, 2.24) is 4.98 Å². The number of aromatic nitrogens is 1. The number of pyridine rings is 1. The van der Waals surface area contributed by atoms with Crippen molar-refractivity contribution in [3.63, 3.8) is 0 Å². The molecular formula is C19H21BrClN3S2. The fourth-order valence-electron chi connectivity index (χ4n) is 3.65. The van der Waals surface area contributed by atoms with Crippen LogP contribution in [0.5, 0.6) is 0 Å². The van der Waals surface area contributed by atoms with Gasteiger partial charge in [0.1, 0.15) is 5.15 Å². The van der Waals surface area contributed by atoms with Gasteiger partial charge in [0.05, 0.1) is 20.4 Å². The van der Waals surface area contributed by atoms with Gasteiger partial charge in [-0.25, -0.2) is 4.98 Å². The van der Waals surface area contributed by atoms with E-state index in [1.807, 2.05) is 17.4 Å². The summed E-state index contributed by atoms with van der Waals surface area (Å²) in [5.74, 6) is 0.398. The number of halogens is 2. The molecule has 0 amide bonds. The molecule has 138 valence electrons. The SMILES string of the molecule is NC1CCCCCC1c1sc2c(NCc3cccs3)cc(Cl)nc2c1Br. The Hall–Kier alpha value is -0.660. The van der Waals surface area contributed by atoms with Gasteiger partial charge < -0.3 is 11.1 Å². The van der Waals surface area contributed by atoms with E-state index in [2.05, 4.69) is 43.7 Å². The summed E-state index contributed by atoms with van der Waals surface area (Å²) in [5.41, 5.74) is 8.51. The zero-order chi connectivity index (χ0) is 18.1. The van der Waals surface area contributed by atoms with Crippen LogP contribution >= 0.6 is 50.2 Å². The number of anilines is 1. The molecule has 4 rings (SSSR count). The van der Waals surface area contributed by atoms with Crippen molar-refractivity contribution in [2.75, 3.05) is 5.32 Å². The molecule has 3 aromatic rings. The van der Waals surface area contributed by atoms with Gasteiger partial charge in [0.25, 0.3) is 0 Å². The minimum Gasteiger partial charge on any atom is -0.379 e. The first-order valence-electron chi connectivity index (χ1n) is 8.93. The van der Waals surface area contributed by atoms with Crippen LogP contribution in [-0.4, -0.2) is 11.0 Å². The van der Waals surface area contributed by atoms with Crippen LogP contribution in [0.4, 0.5) is 5.69 Å². The maximum Gasteiger partial charge on any atom is 0.131 e. The van der Waals surface area contributed by atoms with Crippen molar-refractivity contribution in [1.29, 1.82) is 0 Å². The number of hydrogen-bond acceptors (Lipinski definition) is 5. The molecule has 0 radical (unpaired) electrons. The summed E-state index contributed by atoms with van der Waals surface area (Å²) in [6, 6.07) is 6.36. The molecular weight excluding hydrogens is 450 g/mol. The van der Waals surface area contributed by atoms with Gasteiger partial charge in [-0.05, 0) is 40.2 Å². The lowest BCUT2D eigenvalue weighted by molar-refractivity contribution is 0.510. The van der Waals surface area contributed by atoms with Crippen molar-refractivity contribution in [3.05, 3.63) is 43.0 Å². The molecule has 1 fully saturated rings. The van der Waals surface area contributed by atoms with Crippen molar-refractivity contribution in [2.24, 2.45) is 5.73 Å². The van der Waals surface area contributed by atoms with Crippen LogP contribution in [0, 0.1) is 0 Å². The monoisotopic (exact) mass is 469 g/mol. The number of nitrogens with zero attached hydrogens (tertiary/aromatic N) is 1. The van der Waals surface area contributed by atoms with E-state index >= 15 is 0 Å². The van der Waals surface area contributed by atoms with Gasteiger partial charge in [0, 0.05) is 34.3 Å². The number of hydrogen-bond donors (Lipinski definition) is 2. The maximum absolute atomic E-state index is 6.52. The standard InChI is InChI=1S/C19H21BrClN3S2/c20-16-17-19(26-18(16)12-6-2-1-3-7-13(12)22)14(9-15(21)24-17)23-10-11-5-4-8-25-11/h4-5,8-9,12-13H,1-3,6-7,10,22H2,(H,23,24). The topological polar surface area (TPSA) is 50.9 Å². The summed E-state index contributed by atoms with van der Waals surface area (Å²) < 4.78 is 2.23. The third-order valence-electron chi connectivity index (χ3n) is 5.02. The summed E-state index contributed by atoms with van der Waals surface area (Å²) >= 11 is 13.7. The first-order valence-corrected chi connectivity index (χ1v) is 11.8. The van der Waals surface area contributed by atoms with Gasteiger partial charge >= 0.3 is 0 Å². The zero-order valence-corrected chi connectivity index (χ0v) is 18.3. The summed E-state index contributed by atoms with van der Waals surface area (Å²) in [6.07, 6.45) is 6.01. The Balaban J connectivity index is 1.72. The van der Waals surface area contributed by atoms with E-state index in [1.165, 1.54) is 29.0 Å². The van der Waals surface area contributed by atoms with Crippen LogP contribution in [0.25, 0.3) is 10.2 Å². The maximum atomic E-state index is 6.52. The van der Waals surface area contributed by atoms with E-state index in [1.54, 1.807) is 11.3 Å². The molecule has 3 aromatic heterocycles. The van der Waals surface area contributed by atoms with E-state index < -0.39 is 0 Å². The number of rotatable bonds is 4. The molecule has 3 N–H and O–H groups in total. The lowest BCUT2D eigenvalue weighted by Gasteiger charge is -2.20. The van der Waals surface area contributed by atoms with Crippen LogP contribution in [-0.2, 0) is 6.54 Å². The number of thiophene rings is 2. The Morgan fingerprint density at radius 2 is 2.15 bits per heavy atom. The number of nitrogens with one attached hydrogen (secondary N) is 1. The summed E-state index contributed by atoms with van der Waals surface area (Å²) in [6.45, 7) is 0.793. The molecule has 1 saturated carbocycles. The van der Waals surface area contributed by atoms with Crippen molar-refractivity contribution in [3.8, 4) is 0 Å². The predicted octanol–water partition coefficient (Wildman–Crippen LogP) is 6.76. The molecule has 1 aliphatic rings. The van der Waals surface area contributed by atoms with E-state index in [-0.39, 0.29) is 6.04 Å². The van der Waals surface area contributed by atoms with E-state index in [9.17, 15) is 0 Å². The largest absolute Gasteiger partial charge is 0.379 e. The molecule has 3 heterocycles. The highest BCUT2D eigenvalue weighted by molar-refractivity contribution is 9.10. The normalized spacial score (nSPS) is 21.0. The summed E-state index contributed by atoms with van der Waals surface area (Å²) in [5, 5.41) is 6.15. The highest BCUT2D eigenvalue weighted by Gasteiger charge is 2.27. The van der Waals surface area contributed by atoms with Gasteiger partial charge in [-0.2, -0.15) is 0 Å². The third kappa shape index (κ3) is 3.80. The average Bonchev–Trinajstić information content (AvgIpc) is 3.19. The molecule has 3 nitrogen and oxygen atoms in total. The average molecular weight is 471 g/mol. The van der Waals surface area contributed by atoms with Crippen LogP contribution in [0.3, 0.4) is 0 Å². The molecule has 0 bridgehead atoms. The highest BCUT2D eigenvalue weighted by atomic mass is 79.9. The molecule has 2 atom stereocenters. The van der Waals surface area contributed by atoms with Gasteiger partial charge in [0.15, 0.2) is 0 Å². The van der Waals surface area contributed by atoms with E-state index in [0.717, 1.165) is 39.8 Å². The molecule has 0 saturated heterocycles. The van der Waals surface area contributed by atoms with Gasteiger partial charge in [-0.15, -0.1) is 22.7 Å². The Labute approximate surface area is 175 Å². The van der Waals surface area contributed by atoms with Crippen molar-refractivity contribution >= 4 is 66.1 Å². The zero-order valence-electron chi connectivity index (χ0n) is 14.3. The minimum atomic E-state index is 0.222. The second-order valence-electron chi connectivity index (χ2n) is 6.79. The molecule has 0 spiro atoms. The quantitative estimate of drug-likeness (QED) is 0.327. The second kappa shape index (κ2) is 8.15. The Bertz CT molecular complexity index is 894. The van der Waals surface area contributed by atoms with Gasteiger partial charge in [-0.1, -0.05) is 36.9 Å². The van der Waals surface area contributed by atoms with Gasteiger partial charge in [-0.3, -0.25) is 0 Å². The minimum absolute atomic E-state index is 0.222. The molecule has 0 aromatic carbocycles.